The first-order chi connectivity index (χ1) is 12.9. The van der Waals surface area contributed by atoms with Gasteiger partial charge in [0.25, 0.3) is 10.2 Å². The van der Waals surface area contributed by atoms with Gasteiger partial charge in [-0.25, -0.2) is 0 Å². The van der Waals surface area contributed by atoms with E-state index in [1.54, 1.807) is 18.4 Å². The minimum absolute atomic E-state index is 0. The molecule has 0 saturated carbocycles. The molecule has 1 aliphatic carbocycles. The Labute approximate surface area is 186 Å². The summed E-state index contributed by atoms with van der Waals surface area (Å²) in [5, 5.41) is 3.24. The summed E-state index contributed by atoms with van der Waals surface area (Å²) in [6, 6.07) is 6.12. The van der Waals surface area contributed by atoms with Crippen molar-refractivity contribution >= 4 is 45.8 Å². The number of anilines is 1. The van der Waals surface area contributed by atoms with Crippen LogP contribution in [-0.2, 0) is 23.1 Å². The number of nitrogens with zero attached hydrogens (tertiary/aromatic N) is 3. The van der Waals surface area contributed by atoms with Gasteiger partial charge in [-0.1, -0.05) is 18.6 Å². The monoisotopic (exact) mass is 521 g/mol. The van der Waals surface area contributed by atoms with E-state index in [2.05, 4.69) is 16.4 Å². The van der Waals surface area contributed by atoms with Gasteiger partial charge in [-0.05, 0) is 55.7 Å². The highest BCUT2D eigenvalue weighted by molar-refractivity contribution is 14.0. The number of halogens is 1. The van der Waals surface area contributed by atoms with Crippen molar-refractivity contribution in [3.05, 3.63) is 29.3 Å². The van der Waals surface area contributed by atoms with Crippen LogP contribution in [-0.4, -0.2) is 56.2 Å². The molecule has 3 N–H and O–H groups in total. The molecule has 158 valence electrons. The van der Waals surface area contributed by atoms with Gasteiger partial charge in [0, 0.05) is 32.4 Å². The quantitative estimate of drug-likeness (QED) is 0.354. The Bertz CT molecular complexity index is 798. The van der Waals surface area contributed by atoms with E-state index in [9.17, 15) is 8.42 Å². The van der Waals surface area contributed by atoms with Crippen molar-refractivity contribution in [1.29, 1.82) is 0 Å². The van der Waals surface area contributed by atoms with Crippen molar-refractivity contribution < 1.29 is 8.42 Å². The molecule has 1 saturated heterocycles. The molecular weight excluding hydrogens is 489 g/mol. The highest BCUT2D eigenvalue weighted by Gasteiger charge is 2.33. The minimum Gasteiger partial charge on any atom is -0.370 e. The molecule has 0 aromatic heterocycles. The molecule has 1 unspecified atom stereocenters. The van der Waals surface area contributed by atoms with Crippen LogP contribution in [0.15, 0.2) is 23.2 Å². The number of rotatable bonds is 5. The first-order valence-electron chi connectivity index (χ1n) is 9.76. The van der Waals surface area contributed by atoms with Crippen molar-refractivity contribution in [2.24, 2.45) is 10.7 Å². The Morgan fingerprint density at radius 1 is 1.25 bits per heavy atom. The number of guanidine groups is 1. The van der Waals surface area contributed by atoms with Crippen molar-refractivity contribution in [3.8, 4) is 0 Å². The molecule has 3 rings (SSSR count). The Morgan fingerprint density at radius 3 is 2.75 bits per heavy atom. The van der Waals surface area contributed by atoms with E-state index in [4.69, 9.17) is 5.73 Å². The predicted octanol–water partition coefficient (Wildman–Crippen LogP) is 2.57. The van der Waals surface area contributed by atoms with Gasteiger partial charge >= 0.3 is 0 Å². The average Bonchev–Trinajstić information content (AvgIpc) is 2.67. The van der Waals surface area contributed by atoms with Crippen LogP contribution in [0.5, 0.6) is 0 Å². The van der Waals surface area contributed by atoms with E-state index in [0.29, 0.717) is 19.0 Å². The van der Waals surface area contributed by atoms with Crippen LogP contribution in [0, 0.1) is 0 Å². The number of nitrogens with one attached hydrogen (secondary N) is 1. The molecule has 1 heterocycles. The zero-order valence-electron chi connectivity index (χ0n) is 16.7. The molecule has 9 heteroatoms. The van der Waals surface area contributed by atoms with Crippen molar-refractivity contribution in [1.82, 2.24) is 8.61 Å². The number of nitrogens with two attached hydrogens (primary N) is 1. The maximum Gasteiger partial charge on any atom is 0.281 e. The maximum absolute atomic E-state index is 12.5. The van der Waals surface area contributed by atoms with Gasteiger partial charge in [0.1, 0.15) is 0 Å². The summed E-state index contributed by atoms with van der Waals surface area (Å²) in [4.78, 5) is 4.47. The SMILES string of the molecule is CN(C)S(=O)(=O)N1CCCCC1CN=C(N)Nc1cccc2c1CCCC2.I. The number of fused-ring (bicyclic) bond motifs is 1. The standard InChI is InChI=1S/C19H31N5O2S.HI/c1-23(2)27(25,26)24-13-6-5-10-16(24)14-21-19(20)22-18-12-7-9-15-8-3-4-11-17(15)18;/h7,9,12,16H,3-6,8,10-11,13-14H2,1-2H3,(H3,20,21,22);1H. The molecule has 1 fully saturated rings. The van der Waals surface area contributed by atoms with Gasteiger partial charge in [0.15, 0.2) is 5.96 Å². The largest absolute Gasteiger partial charge is 0.370 e. The fourth-order valence-corrected chi connectivity index (χ4v) is 5.28. The van der Waals surface area contributed by atoms with E-state index in [1.165, 1.54) is 28.3 Å². The second-order valence-electron chi connectivity index (χ2n) is 7.55. The first kappa shape index (κ1) is 23.4. The van der Waals surface area contributed by atoms with Crippen LogP contribution in [0.4, 0.5) is 5.69 Å². The van der Waals surface area contributed by atoms with E-state index in [1.807, 2.05) is 12.1 Å². The van der Waals surface area contributed by atoms with Crippen molar-refractivity contribution in [2.75, 3.05) is 32.5 Å². The number of aliphatic imine (C=N–C) groups is 1. The van der Waals surface area contributed by atoms with Crippen LogP contribution >= 0.6 is 24.0 Å². The predicted molar refractivity (Wildman–Crippen MR) is 126 cm³/mol. The Morgan fingerprint density at radius 2 is 2.00 bits per heavy atom. The highest BCUT2D eigenvalue weighted by atomic mass is 127. The molecular formula is C19H32IN5O2S. The Balaban J connectivity index is 0.00000280. The molecule has 1 aromatic rings. The zero-order valence-corrected chi connectivity index (χ0v) is 19.9. The lowest BCUT2D eigenvalue weighted by atomic mass is 9.90. The summed E-state index contributed by atoms with van der Waals surface area (Å²) < 4.78 is 27.9. The molecule has 1 aliphatic heterocycles. The van der Waals surface area contributed by atoms with E-state index >= 15 is 0 Å². The molecule has 1 aromatic carbocycles. The third kappa shape index (κ3) is 5.37. The van der Waals surface area contributed by atoms with E-state index in [0.717, 1.165) is 37.8 Å². The van der Waals surface area contributed by atoms with Crippen molar-refractivity contribution in [2.45, 2.75) is 51.0 Å². The number of hydrogen-bond donors (Lipinski definition) is 2. The van der Waals surface area contributed by atoms with Crippen LogP contribution in [0.25, 0.3) is 0 Å². The fourth-order valence-electron chi connectivity index (χ4n) is 3.95. The summed E-state index contributed by atoms with van der Waals surface area (Å²) >= 11 is 0. The molecule has 28 heavy (non-hydrogen) atoms. The molecule has 0 amide bonds. The molecule has 0 spiro atoms. The van der Waals surface area contributed by atoms with Crippen LogP contribution in [0.3, 0.4) is 0 Å². The Kier molecular flexibility index (Phi) is 8.53. The van der Waals surface area contributed by atoms with E-state index in [-0.39, 0.29) is 30.0 Å². The zero-order chi connectivity index (χ0) is 19.4. The summed E-state index contributed by atoms with van der Waals surface area (Å²) in [5.41, 5.74) is 9.87. The fraction of sp³-hybridized carbons (Fsp3) is 0.632. The van der Waals surface area contributed by atoms with E-state index < -0.39 is 10.2 Å². The van der Waals surface area contributed by atoms with Gasteiger partial charge in [-0.15, -0.1) is 24.0 Å². The summed E-state index contributed by atoms with van der Waals surface area (Å²) in [6.07, 6.45) is 7.31. The molecule has 1 atom stereocenters. The number of aryl methyl sites for hydroxylation is 1. The maximum atomic E-state index is 12.5. The topological polar surface area (TPSA) is 91.0 Å². The first-order valence-corrected chi connectivity index (χ1v) is 11.2. The third-order valence-corrected chi connectivity index (χ3v) is 7.46. The number of benzene rings is 1. The smallest absolute Gasteiger partial charge is 0.281 e. The average molecular weight is 521 g/mol. The van der Waals surface area contributed by atoms with Crippen LogP contribution < -0.4 is 11.1 Å². The highest BCUT2D eigenvalue weighted by Crippen LogP contribution is 2.28. The Hall–Kier alpha value is -0.910. The molecule has 0 radical (unpaired) electrons. The summed E-state index contributed by atoms with van der Waals surface area (Å²) in [7, 11) is -0.295. The van der Waals surface area contributed by atoms with Gasteiger partial charge in [-0.3, -0.25) is 4.99 Å². The molecule has 7 nitrogen and oxygen atoms in total. The van der Waals surface area contributed by atoms with Gasteiger partial charge in [0.2, 0.25) is 0 Å². The van der Waals surface area contributed by atoms with Gasteiger partial charge in [0.05, 0.1) is 6.54 Å². The second-order valence-corrected chi connectivity index (χ2v) is 9.65. The van der Waals surface area contributed by atoms with Crippen LogP contribution in [0.2, 0.25) is 0 Å². The van der Waals surface area contributed by atoms with Crippen molar-refractivity contribution in [3.63, 3.8) is 0 Å². The minimum atomic E-state index is -3.43. The lowest BCUT2D eigenvalue weighted by Gasteiger charge is -2.35. The van der Waals surface area contributed by atoms with Crippen LogP contribution in [0.1, 0.15) is 43.2 Å². The molecule has 2 aliphatic rings. The second kappa shape index (κ2) is 10.2. The third-order valence-electron chi connectivity index (χ3n) is 5.46. The summed E-state index contributed by atoms with van der Waals surface area (Å²) in [6.45, 7) is 0.918. The lowest BCUT2D eigenvalue weighted by molar-refractivity contribution is 0.245. The normalized spacial score (nSPS) is 21.1. The summed E-state index contributed by atoms with van der Waals surface area (Å²) in [5.74, 6) is 0.349. The number of hydrogen-bond acceptors (Lipinski definition) is 3. The molecule has 0 bridgehead atoms. The number of piperidine rings is 1. The lowest BCUT2D eigenvalue weighted by Crippen LogP contribution is -2.50. The van der Waals surface area contributed by atoms with Gasteiger partial charge < -0.3 is 11.1 Å². The van der Waals surface area contributed by atoms with Gasteiger partial charge in [-0.2, -0.15) is 17.0 Å².